The van der Waals surface area contributed by atoms with Gasteiger partial charge < -0.3 is 14.2 Å². The number of benzene rings is 1. The fourth-order valence-corrected chi connectivity index (χ4v) is 4.95. The maximum absolute atomic E-state index is 13.1. The molecule has 0 saturated carbocycles. The maximum Gasteiger partial charge on any atom is 0.324 e. The van der Waals surface area contributed by atoms with Crippen LogP contribution in [0.25, 0.3) is 0 Å². The van der Waals surface area contributed by atoms with Gasteiger partial charge in [-0.05, 0) is 32.1 Å². The number of carbonyl (C=O) groups is 1. The van der Waals surface area contributed by atoms with Crippen molar-refractivity contribution < 1.29 is 27.4 Å². The van der Waals surface area contributed by atoms with Crippen molar-refractivity contribution in [1.29, 1.82) is 0 Å². The summed E-state index contributed by atoms with van der Waals surface area (Å²) in [4.78, 5) is 12.7. The molecular formula is C19H29ClN2O6S. The molecule has 1 fully saturated rings. The molecule has 1 heterocycles. The molecule has 0 unspecified atom stereocenters. The van der Waals surface area contributed by atoms with E-state index in [4.69, 9.17) is 25.8 Å². The van der Waals surface area contributed by atoms with Crippen LogP contribution in [-0.4, -0.2) is 51.6 Å². The van der Waals surface area contributed by atoms with Gasteiger partial charge in [0.1, 0.15) is 23.6 Å². The number of rotatable bonds is 9. The molecule has 1 atom stereocenters. The van der Waals surface area contributed by atoms with Crippen molar-refractivity contribution in [2.45, 2.75) is 58.1 Å². The average molecular weight is 449 g/mol. The molecule has 0 amide bonds. The first-order chi connectivity index (χ1) is 13.8. The van der Waals surface area contributed by atoms with Crippen LogP contribution in [0.1, 0.15) is 46.0 Å². The van der Waals surface area contributed by atoms with Crippen LogP contribution in [0.5, 0.6) is 11.5 Å². The van der Waals surface area contributed by atoms with Gasteiger partial charge in [-0.25, -0.2) is 0 Å². The zero-order valence-electron chi connectivity index (χ0n) is 17.2. The monoisotopic (exact) mass is 448 g/mol. The lowest BCUT2D eigenvalue weighted by Crippen LogP contribution is -2.51. The third kappa shape index (κ3) is 5.67. The molecule has 164 valence electrons. The fraction of sp³-hybridized carbons (Fsp3) is 0.632. The standard InChI is InChI=1S/C19H29ClN2O6S/c1-5-13(6-2)28-19(23)16-9-7-8-10-22(16)29(24,25)21-15-12-17(26-3)14(20)11-18(15)27-4/h11-13,16,21H,5-10H2,1-4H3/t16-/m0/s1. The van der Waals surface area contributed by atoms with E-state index in [-0.39, 0.29) is 29.1 Å². The Morgan fingerprint density at radius 2 is 1.86 bits per heavy atom. The van der Waals surface area contributed by atoms with Gasteiger partial charge in [0.25, 0.3) is 0 Å². The van der Waals surface area contributed by atoms with Crippen molar-refractivity contribution in [2.75, 3.05) is 25.5 Å². The third-order valence-corrected chi connectivity index (χ3v) is 6.77. The van der Waals surface area contributed by atoms with Crippen molar-refractivity contribution in [3.05, 3.63) is 17.2 Å². The summed E-state index contributed by atoms with van der Waals surface area (Å²) in [5.74, 6) is 0.0328. The van der Waals surface area contributed by atoms with Gasteiger partial charge in [-0.15, -0.1) is 0 Å². The third-order valence-electron chi connectivity index (χ3n) is 4.94. The highest BCUT2D eigenvalue weighted by Gasteiger charge is 2.39. The zero-order valence-corrected chi connectivity index (χ0v) is 18.8. The first-order valence-electron chi connectivity index (χ1n) is 9.68. The van der Waals surface area contributed by atoms with E-state index in [1.807, 2.05) is 13.8 Å². The first-order valence-corrected chi connectivity index (χ1v) is 11.5. The zero-order chi connectivity index (χ0) is 21.6. The second kappa shape index (κ2) is 10.4. The van der Waals surface area contributed by atoms with Crippen LogP contribution in [0, 0.1) is 0 Å². The summed E-state index contributed by atoms with van der Waals surface area (Å²) in [5, 5.41) is 0.289. The summed E-state index contributed by atoms with van der Waals surface area (Å²) >= 11 is 6.09. The molecule has 0 radical (unpaired) electrons. The second-order valence-electron chi connectivity index (χ2n) is 6.79. The maximum atomic E-state index is 13.1. The van der Waals surface area contributed by atoms with Crippen molar-refractivity contribution >= 4 is 33.5 Å². The number of piperidine rings is 1. The Kier molecular flexibility index (Phi) is 8.42. The van der Waals surface area contributed by atoms with Crippen LogP contribution in [0.4, 0.5) is 5.69 Å². The van der Waals surface area contributed by atoms with Crippen LogP contribution in [-0.2, 0) is 19.7 Å². The minimum atomic E-state index is -4.05. The number of methoxy groups -OCH3 is 2. The van der Waals surface area contributed by atoms with E-state index >= 15 is 0 Å². The largest absolute Gasteiger partial charge is 0.495 e. The van der Waals surface area contributed by atoms with Gasteiger partial charge in [0.2, 0.25) is 0 Å². The van der Waals surface area contributed by atoms with Crippen LogP contribution in [0.15, 0.2) is 12.1 Å². The Bertz CT molecular complexity index is 813. The van der Waals surface area contributed by atoms with Crippen molar-refractivity contribution in [1.82, 2.24) is 4.31 Å². The van der Waals surface area contributed by atoms with E-state index < -0.39 is 22.2 Å². The molecule has 0 aliphatic carbocycles. The molecule has 2 rings (SSSR count). The van der Waals surface area contributed by atoms with Gasteiger partial charge >= 0.3 is 16.2 Å². The number of ether oxygens (including phenoxy) is 3. The predicted molar refractivity (Wildman–Crippen MR) is 112 cm³/mol. The normalized spacial score (nSPS) is 17.8. The van der Waals surface area contributed by atoms with Gasteiger partial charge in [0.05, 0.1) is 24.9 Å². The van der Waals surface area contributed by atoms with Gasteiger partial charge in [-0.3, -0.25) is 9.52 Å². The smallest absolute Gasteiger partial charge is 0.324 e. The van der Waals surface area contributed by atoms with E-state index in [0.717, 1.165) is 6.42 Å². The van der Waals surface area contributed by atoms with E-state index in [1.54, 1.807) is 0 Å². The topological polar surface area (TPSA) is 94.2 Å². The number of nitrogens with zero attached hydrogens (tertiary/aromatic N) is 1. The van der Waals surface area contributed by atoms with Crippen LogP contribution in [0.3, 0.4) is 0 Å². The minimum Gasteiger partial charge on any atom is -0.495 e. The highest BCUT2D eigenvalue weighted by Crippen LogP contribution is 2.37. The lowest BCUT2D eigenvalue weighted by Gasteiger charge is -2.34. The Hall–Kier alpha value is -1.71. The fourth-order valence-electron chi connectivity index (χ4n) is 3.26. The molecule has 8 nitrogen and oxygen atoms in total. The Morgan fingerprint density at radius 3 is 2.45 bits per heavy atom. The van der Waals surface area contributed by atoms with Crippen molar-refractivity contribution in [2.24, 2.45) is 0 Å². The molecule has 10 heteroatoms. The summed E-state index contributed by atoms with van der Waals surface area (Å²) in [6.07, 6.45) is 2.98. The van der Waals surface area contributed by atoms with Gasteiger partial charge in [-0.2, -0.15) is 12.7 Å². The van der Waals surface area contributed by atoms with Gasteiger partial charge in [0.15, 0.2) is 0 Å². The molecule has 0 aromatic heterocycles. The van der Waals surface area contributed by atoms with Gasteiger partial charge in [-0.1, -0.05) is 25.4 Å². The quantitative estimate of drug-likeness (QED) is 0.580. The Labute approximate surface area is 177 Å². The highest BCUT2D eigenvalue weighted by atomic mass is 35.5. The summed E-state index contributed by atoms with van der Waals surface area (Å²) in [5.41, 5.74) is 0.173. The van der Waals surface area contributed by atoms with E-state index in [2.05, 4.69) is 4.72 Å². The van der Waals surface area contributed by atoms with Crippen LogP contribution >= 0.6 is 11.6 Å². The number of hydrogen-bond donors (Lipinski definition) is 1. The highest BCUT2D eigenvalue weighted by molar-refractivity contribution is 7.90. The van der Waals surface area contributed by atoms with Crippen molar-refractivity contribution in [3.8, 4) is 11.5 Å². The number of carbonyl (C=O) groups excluding carboxylic acids is 1. The summed E-state index contributed by atoms with van der Waals surface area (Å²) < 4.78 is 45.8. The molecule has 1 aliphatic rings. The molecule has 1 aromatic rings. The Balaban J connectivity index is 2.29. The predicted octanol–water partition coefficient (Wildman–Crippen LogP) is 3.60. The number of nitrogens with one attached hydrogen (secondary N) is 1. The van der Waals surface area contributed by atoms with E-state index in [9.17, 15) is 13.2 Å². The average Bonchev–Trinajstić information content (AvgIpc) is 2.72. The minimum absolute atomic E-state index is 0.173. The molecule has 0 bridgehead atoms. The number of hydrogen-bond acceptors (Lipinski definition) is 6. The first kappa shape index (κ1) is 23.6. The molecule has 1 N–H and O–H groups in total. The summed E-state index contributed by atoms with van der Waals surface area (Å²) in [6, 6.07) is 2.05. The second-order valence-corrected chi connectivity index (χ2v) is 8.82. The summed E-state index contributed by atoms with van der Waals surface area (Å²) in [7, 11) is -1.21. The van der Waals surface area contributed by atoms with E-state index in [1.165, 1.54) is 30.7 Å². The SMILES string of the molecule is CCC(CC)OC(=O)[C@@H]1CCCCN1S(=O)(=O)Nc1cc(OC)c(Cl)cc1OC. The lowest BCUT2D eigenvalue weighted by molar-refractivity contribution is -0.155. The van der Waals surface area contributed by atoms with Gasteiger partial charge in [0, 0.05) is 18.7 Å². The molecule has 29 heavy (non-hydrogen) atoms. The van der Waals surface area contributed by atoms with Crippen LogP contribution in [0.2, 0.25) is 5.02 Å². The molecular weight excluding hydrogens is 420 g/mol. The molecule has 0 spiro atoms. The van der Waals surface area contributed by atoms with E-state index in [0.29, 0.717) is 31.4 Å². The molecule has 1 saturated heterocycles. The Morgan fingerprint density at radius 1 is 1.21 bits per heavy atom. The van der Waals surface area contributed by atoms with Crippen molar-refractivity contribution in [3.63, 3.8) is 0 Å². The lowest BCUT2D eigenvalue weighted by atomic mass is 10.1. The number of esters is 1. The summed E-state index contributed by atoms with van der Waals surface area (Å²) in [6.45, 7) is 4.09. The number of anilines is 1. The van der Waals surface area contributed by atoms with Crippen LogP contribution < -0.4 is 14.2 Å². The molecule has 1 aliphatic heterocycles. The molecule has 1 aromatic carbocycles. The number of halogens is 1.